The summed E-state index contributed by atoms with van der Waals surface area (Å²) in [6.45, 7) is 0.365. The van der Waals surface area contributed by atoms with Crippen LogP contribution in [0.25, 0.3) is 0 Å². The van der Waals surface area contributed by atoms with E-state index in [9.17, 15) is 8.42 Å². The Kier molecular flexibility index (Phi) is 7.18. The van der Waals surface area contributed by atoms with Gasteiger partial charge in [-0.05, 0) is 36.3 Å². The van der Waals surface area contributed by atoms with Crippen molar-refractivity contribution >= 4 is 22.7 Å². The molecule has 0 aliphatic rings. The first-order valence-electron chi connectivity index (χ1n) is 6.31. The topological polar surface area (TPSA) is 64.6 Å². The monoisotopic (exact) mass is 319 g/mol. The van der Waals surface area contributed by atoms with Crippen LogP contribution in [0.3, 0.4) is 0 Å². The van der Waals surface area contributed by atoms with E-state index in [4.69, 9.17) is 9.47 Å². The largest absolute Gasteiger partial charge is 0.493 e. The van der Waals surface area contributed by atoms with Crippen LogP contribution in [0.5, 0.6) is 11.5 Å². The molecule has 7 heteroatoms. The van der Waals surface area contributed by atoms with Gasteiger partial charge < -0.3 is 9.47 Å². The number of benzene rings is 1. The Morgan fingerprint density at radius 1 is 1.20 bits per heavy atom. The summed E-state index contributed by atoms with van der Waals surface area (Å²) >= 11 is 4.00. The van der Waals surface area contributed by atoms with Crippen molar-refractivity contribution in [3.05, 3.63) is 23.8 Å². The highest BCUT2D eigenvalue weighted by Crippen LogP contribution is 2.27. The molecule has 5 nitrogen and oxygen atoms in total. The minimum Gasteiger partial charge on any atom is -0.493 e. The summed E-state index contributed by atoms with van der Waals surface area (Å²) in [6.07, 6.45) is 1.15. The second-order valence-electron chi connectivity index (χ2n) is 4.23. The summed E-state index contributed by atoms with van der Waals surface area (Å²) in [5.41, 5.74) is 0.986. The van der Waals surface area contributed by atoms with E-state index in [1.165, 1.54) is 0 Å². The van der Waals surface area contributed by atoms with Crippen molar-refractivity contribution in [2.45, 2.75) is 12.8 Å². The maximum atomic E-state index is 11.6. The predicted molar refractivity (Wildman–Crippen MR) is 83.5 cm³/mol. The van der Waals surface area contributed by atoms with Gasteiger partial charge in [0.1, 0.15) is 0 Å². The molecule has 0 amide bonds. The Labute approximate surface area is 126 Å². The van der Waals surface area contributed by atoms with Gasteiger partial charge in [-0.15, -0.1) is 0 Å². The van der Waals surface area contributed by atoms with Crippen molar-refractivity contribution in [1.82, 2.24) is 4.72 Å². The molecule has 0 spiro atoms. The summed E-state index contributed by atoms with van der Waals surface area (Å²) in [6, 6.07) is 5.55. The van der Waals surface area contributed by atoms with Gasteiger partial charge in [-0.2, -0.15) is 12.6 Å². The quantitative estimate of drug-likeness (QED) is 0.677. The molecule has 0 saturated carbocycles. The highest BCUT2D eigenvalue weighted by molar-refractivity contribution is 7.89. The number of hydrogen-bond donors (Lipinski definition) is 2. The number of rotatable bonds is 9. The van der Waals surface area contributed by atoms with Crippen LogP contribution in [-0.4, -0.2) is 40.7 Å². The number of hydrogen-bond acceptors (Lipinski definition) is 5. The van der Waals surface area contributed by atoms with Crippen LogP contribution >= 0.6 is 12.6 Å². The molecule has 0 saturated heterocycles. The molecule has 20 heavy (non-hydrogen) atoms. The molecular formula is C13H21NO4S2. The maximum absolute atomic E-state index is 11.6. The molecule has 0 aromatic heterocycles. The third-order valence-corrected chi connectivity index (χ3v) is 4.54. The number of nitrogens with one attached hydrogen (secondary N) is 1. The van der Waals surface area contributed by atoms with E-state index in [-0.39, 0.29) is 5.75 Å². The van der Waals surface area contributed by atoms with E-state index in [0.717, 1.165) is 5.56 Å². The van der Waals surface area contributed by atoms with Crippen molar-refractivity contribution in [3.8, 4) is 11.5 Å². The SMILES string of the molecule is COc1ccc(CCNS(=O)(=O)CCCS)cc1OC. The summed E-state index contributed by atoms with van der Waals surface area (Å²) < 4.78 is 36.2. The second-order valence-corrected chi connectivity index (χ2v) is 6.60. The maximum Gasteiger partial charge on any atom is 0.211 e. The van der Waals surface area contributed by atoms with Gasteiger partial charge in [0.25, 0.3) is 0 Å². The fraction of sp³-hybridized carbons (Fsp3) is 0.538. The summed E-state index contributed by atoms with van der Waals surface area (Å²) in [7, 11) is -0.0495. The van der Waals surface area contributed by atoms with Crippen LogP contribution in [0, 0.1) is 0 Å². The molecule has 1 rings (SSSR count). The second kappa shape index (κ2) is 8.39. The molecular weight excluding hydrogens is 298 g/mol. The summed E-state index contributed by atoms with van der Waals surface area (Å²) in [5.74, 6) is 1.98. The van der Waals surface area contributed by atoms with Gasteiger partial charge in [-0.3, -0.25) is 0 Å². The van der Waals surface area contributed by atoms with E-state index in [0.29, 0.717) is 36.6 Å². The lowest BCUT2D eigenvalue weighted by Gasteiger charge is -2.10. The Hall–Kier alpha value is -0.920. The van der Waals surface area contributed by atoms with Gasteiger partial charge in [-0.1, -0.05) is 6.07 Å². The van der Waals surface area contributed by atoms with Crippen LogP contribution in [-0.2, 0) is 16.4 Å². The van der Waals surface area contributed by atoms with Gasteiger partial charge in [0.2, 0.25) is 10.0 Å². The fourth-order valence-corrected chi connectivity index (χ4v) is 3.17. The molecule has 0 radical (unpaired) electrons. The first-order valence-corrected chi connectivity index (χ1v) is 8.60. The van der Waals surface area contributed by atoms with E-state index >= 15 is 0 Å². The lowest BCUT2D eigenvalue weighted by atomic mass is 10.1. The first-order chi connectivity index (χ1) is 9.52. The molecule has 1 aromatic carbocycles. The molecule has 0 bridgehead atoms. The molecule has 0 heterocycles. The minimum atomic E-state index is -3.20. The van der Waals surface area contributed by atoms with Gasteiger partial charge in [-0.25, -0.2) is 13.1 Å². The lowest BCUT2D eigenvalue weighted by Crippen LogP contribution is -2.28. The molecule has 1 N–H and O–H groups in total. The Balaban J connectivity index is 2.54. The zero-order chi connectivity index (χ0) is 15.0. The molecule has 0 aliphatic heterocycles. The molecule has 114 valence electrons. The van der Waals surface area contributed by atoms with Gasteiger partial charge >= 0.3 is 0 Å². The number of sulfonamides is 1. The highest BCUT2D eigenvalue weighted by Gasteiger charge is 2.09. The number of thiol groups is 1. The Morgan fingerprint density at radius 3 is 2.50 bits per heavy atom. The zero-order valence-electron chi connectivity index (χ0n) is 11.8. The van der Waals surface area contributed by atoms with Crippen LogP contribution in [0.2, 0.25) is 0 Å². The van der Waals surface area contributed by atoms with Crippen LogP contribution < -0.4 is 14.2 Å². The number of methoxy groups -OCH3 is 2. The lowest BCUT2D eigenvalue weighted by molar-refractivity contribution is 0.354. The molecule has 0 fully saturated rings. The highest BCUT2D eigenvalue weighted by atomic mass is 32.2. The normalized spacial score (nSPS) is 11.3. The van der Waals surface area contributed by atoms with Crippen molar-refractivity contribution in [1.29, 1.82) is 0 Å². The molecule has 0 unspecified atom stereocenters. The van der Waals surface area contributed by atoms with E-state index < -0.39 is 10.0 Å². The first kappa shape index (κ1) is 17.1. The van der Waals surface area contributed by atoms with E-state index in [1.807, 2.05) is 18.2 Å². The fourth-order valence-electron chi connectivity index (χ4n) is 1.71. The summed E-state index contributed by atoms with van der Waals surface area (Å²) in [4.78, 5) is 0. The van der Waals surface area contributed by atoms with Crippen LogP contribution in [0.1, 0.15) is 12.0 Å². The van der Waals surface area contributed by atoms with Gasteiger partial charge in [0.05, 0.1) is 20.0 Å². The van der Waals surface area contributed by atoms with Crippen LogP contribution in [0.15, 0.2) is 18.2 Å². The Bertz CT molecular complexity index is 517. The minimum absolute atomic E-state index is 0.114. The average molecular weight is 319 g/mol. The van der Waals surface area contributed by atoms with Crippen molar-refractivity contribution in [2.75, 3.05) is 32.3 Å². The van der Waals surface area contributed by atoms with Gasteiger partial charge in [0, 0.05) is 6.54 Å². The van der Waals surface area contributed by atoms with Crippen molar-refractivity contribution < 1.29 is 17.9 Å². The third kappa shape index (κ3) is 5.60. The van der Waals surface area contributed by atoms with Gasteiger partial charge in [0.15, 0.2) is 11.5 Å². The third-order valence-electron chi connectivity index (χ3n) is 2.75. The number of ether oxygens (including phenoxy) is 2. The molecule has 0 atom stereocenters. The smallest absolute Gasteiger partial charge is 0.211 e. The summed E-state index contributed by atoms with van der Waals surface area (Å²) in [5, 5.41) is 0. The van der Waals surface area contributed by atoms with E-state index in [2.05, 4.69) is 17.4 Å². The predicted octanol–water partition coefficient (Wildman–Crippen LogP) is 1.49. The Morgan fingerprint density at radius 2 is 1.90 bits per heavy atom. The van der Waals surface area contributed by atoms with Crippen LogP contribution in [0.4, 0.5) is 0 Å². The molecule has 1 aromatic rings. The zero-order valence-corrected chi connectivity index (χ0v) is 13.5. The van der Waals surface area contributed by atoms with E-state index in [1.54, 1.807) is 14.2 Å². The van der Waals surface area contributed by atoms with Crippen molar-refractivity contribution in [2.24, 2.45) is 0 Å². The molecule has 0 aliphatic carbocycles. The van der Waals surface area contributed by atoms with Crippen molar-refractivity contribution in [3.63, 3.8) is 0 Å². The standard InChI is InChI=1S/C13H21NO4S2/c1-17-12-5-4-11(10-13(12)18-2)6-7-14-20(15,16)9-3-8-19/h4-5,10,14,19H,3,6-9H2,1-2H3. The average Bonchev–Trinajstić information content (AvgIpc) is 2.44.